The zero-order chi connectivity index (χ0) is 14.8. The number of hydrogen-bond donors (Lipinski definition) is 1. The molecule has 1 amide bonds. The number of nitrogens with one attached hydrogen (secondary N) is 1. The molecule has 0 saturated carbocycles. The molecule has 2 rings (SSSR count). The Bertz CT molecular complexity index is 464. The third-order valence-electron chi connectivity index (χ3n) is 3.42. The van der Waals surface area contributed by atoms with Crippen molar-refractivity contribution in [2.24, 2.45) is 0 Å². The predicted octanol–water partition coefficient (Wildman–Crippen LogP) is 1.28. The monoisotopic (exact) mass is 290 g/mol. The number of alkyl halides is 3. The van der Waals surface area contributed by atoms with E-state index < -0.39 is 11.9 Å². The van der Waals surface area contributed by atoms with Gasteiger partial charge in [-0.2, -0.15) is 18.3 Å². The molecule has 0 spiro atoms. The van der Waals surface area contributed by atoms with Crippen LogP contribution in [-0.2, 0) is 11.0 Å². The summed E-state index contributed by atoms with van der Waals surface area (Å²) in [6.07, 6.45) is -1.81. The van der Waals surface area contributed by atoms with Crippen molar-refractivity contribution >= 4 is 5.91 Å². The summed E-state index contributed by atoms with van der Waals surface area (Å²) in [5, 5.41) is 6.38. The summed E-state index contributed by atoms with van der Waals surface area (Å²) < 4.78 is 38.8. The van der Waals surface area contributed by atoms with Crippen LogP contribution in [0.15, 0.2) is 12.3 Å². The molecule has 0 radical (unpaired) electrons. The Morgan fingerprint density at radius 3 is 2.60 bits per heavy atom. The van der Waals surface area contributed by atoms with E-state index in [4.69, 9.17) is 0 Å². The Morgan fingerprint density at radius 2 is 2.10 bits per heavy atom. The highest BCUT2D eigenvalue weighted by molar-refractivity contribution is 5.78. The van der Waals surface area contributed by atoms with E-state index >= 15 is 0 Å². The minimum atomic E-state index is -4.41. The van der Waals surface area contributed by atoms with E-state index in [1.807, 2.05) is 0 Å². The van der Waals surface area contributed by atoms with Gasteiger partial charge in [-0.3, -0.25) is 9.48 Å². The number of rotatable bonds is 3. The quantitative estimate of drug-likeness (QED) is 0.912. The van der Waals surface area contributed by atoms with Gasteiger partial charge in [0.25, 0.3) is 0 Å². The Hall–Kier alpha value is -1.57. The molecule has 1 N–H and O–H groups in total. The second-order valence-electron chi connectivity index (χ2n) is 4.82. The number of hydrogen-bond acceptors (Lipinski definition) is 3. The zero-order valence-electron chi connectivity index (χ0n) is 11.2. The van der Waals surface area contributed by atoms with E-state index in [0.29, 0.717) is 25.9 Å². The lowest BCUT2D eigenvalue weighted by Gasteiger charge is -2.32. The highest BCUT2D eigenvalue weighted by atomic mass is 19.4. The summed E-state index contributed by atoms with van der Waals surface area (Å²) in [6.45, 7) is 1.38. The van der Waals surface area contributed by atoms with Crippen LogP contribution in [0.4, 0.5) is 13.2 Å². The molecule has 1 saturated heterocycles. The Labute approximate surface area is 114 Å². The van der Waals surface area contributed by atoms with E-state index in [1.54, 1.807) is 11.9 Å². The number of carbonyl (C=O) groups is 1. The van der Waals surface area contributed by atoms with Crippen LogP contribution in [0.25, 0.3) is 0 Å². The molecule has 1 aliphatic rings. The Kier molecular flexibility index (Phi) is 4.32. The molecule has 5 nitrogen and oxygen atoms in total. The molecule has 0 aromatic carbocycles. The van der Waals surface area contributed by atoms with Crippen molar-refractivity contribution in [3.05, 3.63) is 18.0 Å². The smallest absolute Gasteiger partial charge is 0.341 e. The second-order valence-corrected chi connectivity index (χ2v) is 4.82. The normalized spacial score (nSPS) is 17.5. The molecule has 20 heavy (non-hydrogen) atoms. The number of likely N-dealkylation sites (tertiary alicyclic amines) is 1. The molecule has 0 atom stereocenters. The summed E-state index contributed by atoms with van der Waals surface area (Å²) in [4.78, 5) is 13.4. The number of likely N-dealkylation sites (N-methyl/N-ethyl adjacent to an activating group) is 1. The van der Waals surface area contributed by atoms with E-state index in [9.17, 15) is 18.0 Å². The van der Waals surface area contributed by atoms with Gasteiger partial charge in [0.05, 0.1) is 12.6 Å². The molecule has 1 aromatic rings. The highest BCUT2D eigenvalue weighted by Crippen LogP contribution is 2.29. The fraction of sp³-hybridized carbons (Fsp3) is 0.667. The molecule has 0 unspecified atom stereocenters. The summed E-state index contributed by atoms with van der Waals surface area (Å²) in [5.41, 5.74) is -0.869. The van der Waals surface area contributed by atoms with Gasteiger partial charge in [0.15, 0.2) is 5.69 Å². The standard InChI is InChI=1S/C12H17F3N4O/c1-16-8-11(20)18-5-2-9(3-6-18)19-7-4-10(17-19)12(13,14)15/h4,7,9,16H,2-3,5-6,8H2,1H3. The maximum atomic E-state index is 12.5. The summed E-state index contributed by atoms with van der Waals surface area (Å²) in [7, 11) is 1.70. The fourth-order valence-electron chi connectivity index (χ4n) is 2.34. The number of halogens is 3. The van der Waals surface area contributed by atoms with Crippen molar-refractivity contribution in [3.8, 4) is 0 Å². The summed E-state index contributed by atoms with van der Waals surface area (Å²) in [5.74, 6) is 0.0161. The molecule has 8 heteroatoms. The lowest BCUT2D eigenvalue weighted by atomic mass is 10.1. The predicted molar refractivity (Wildman–Crippen MR) is 66.0 cm³/mol. The number of carbonyl (C=O) groups excluding carboxylic acids is 1. The third kappa shape index (κ3) is 3.30. The molecular weight excluding hydrogens is 273 g/mol. The second kappa shape index (κ2) is 5.82. The first-order valence-electron chi connectivity index (χ1n) is 6.46. The molecular formula is C12H17F3N4O. The van der Waals surface area contributed by atoms with Crippen LogP contribution in [0.2, 0.25) is 0 Å². The van der Waals surface area contributed by atoms with Crippen molar-refractivity contribution in [1.82, 2.24) is 20.0 Å². The van der Waals surface area contributed by atoms with Gasteiger partial charge in [-0.25, -0.2) is 0 Å². The maximum absolute atomic E-state index is 12.5. The van der Waals surface area contributed by atoms with Gasteiger partial charge >= 0.3 is 6.18 Å². The van der Waals surface area contributed by atoms with Crippen LogP contribution < -0.4 is 5.32 Å². The van der Waals surface area contributed by atoms with Crippen molar-refractivity contribution in [2.75, 3.05) is 26.7 Å². The Balaban J connectivity index is 1.94. The van der Waals surface area contributed by atoms with Crippen molar-refractivity contribution in [1.29, 1.82) is 0 Å². The Morgan fingerprint density at radius 1 is 1.45 bits per heavy atom. The minimum Gasteiger partial charge on any atom is -0.341 e. The van der Waals surface area contributed by atoms with Crippen LogP contribution in [-0.4, -0.2) is 47.3 Å². The largest absolute Gasteiger partial charge is 0.435 e. The number of amides is 1. The van der Waals surface area contributed by atoms with Gasteiger partial charge in [-0.05, 0) is 26.0 Å². The van der Waals surface area contributed by atoms with Gasteiger partial charge in [-0.1, -0.05) is 0 Å². The van der Waals surface area contributed by atoms with Gasteiger partial charge in [-0.15, -0.1) is 0 Å². The molecule has 112 valence electrons. The van der Waals surface area contributed by atoms with Crippen molar-refractivity contribution in [2.45, 2.75) is 25.1 Å². The van der Waals surface area contributed by atoms with Crippen LogP contribution >= 0.6 is 0 Å². The van der Waals surface area contributed by atoms with E-state index in [2.05, 4.69) is 10.4 Å². The van der Waals surface area contributed by atoms with Crippen LogP contribution in [0.5, 0.6) is 0 Å². The first kappa shape index (κ1) is 14.8. The van der Waals surface area contributed by atoms with Crippen molar-refractivity contribution < 1.29 is 18.0 Å². The molecule has 0 aliphatic carbocycles. The first-order chi connectivity index (χ1) is 9.41. The SMILES string of the molecule is CNCC(=O)N1CCC(n2ccc(C(F)(F)F)n2)CC1. The molecule has 2 heterocycles. The van der Waals surface area contributed by atoms with Gasteiger partial charge < -0.3 is 10.2 Å². The molecule has 0 bridgehead atoms. The first-order valence-corrected chi connectivity index (χ1v) is 6.46. The fourth-order valence-corrected chi connectivity index (χ4v) is 2.34. The molecule has 1 fully saturated rings. The third-order valence-corrected chi connectivity index (χ3v) is 3.42. The topological polar surface area (TPSA) is 50.2 Å². The average molecular weight is 290 g/mol. The van der Waals surface area contributed by atoms with Crippen LogP contribution in [0.3, 0.4) is 0 Å². The van der Waals surface area contributed by atoms with E-state index in [1.165, 1.54) is 10.9 Å². The molecule has 1 aliphatic heterocycles. The highest BCUT2D eigenvalue weighted by Gasteiger charge is 2.34. The van der Waals surface area contributed by atoms with Crippen LogP contribution in [0, 0.1) is 0 Å². The van der Waals surface area contributed by atoms with Gasteiger partial charge in [0.2, 0.25) is 5.91 Å². The lowest BCUT2D eigenvalue weighted by Crippen LogP contribution is -2.42. The molecule has 1 aromatic heterocycles. The summed E-state index contributed by atoms with van der Waals surface area (Å²) in [6, 6.07) is 0.906. The summed E-state index contributed by atoms with van der Waals surface area (Å²) >= 11 is 0. The number of nitrogens with zero attached hydrogens (tertiary/aromatic N) is 3. The lowest BCUT2D eigenvalue weighted by molar-refractivity contribution is -0.141. The van der Waals surface area contributed by atoms with E-state index in [-0.39, 0.29) is 18.5 Å². The minimum absolute atomic E-state index is 0.0161. The van der Waals surface area contributed by atoms with Gasteiger partial charge in [0.1, 0.15) is 0 Å². The van der Waals surface area contributed by atoms with Gasteiger partial charge in [0, 0.05) is 19.3 Å². The average Bonchev–Trinajstić information content (AvgIpc) is 2.89. The maximum Gasteiger partial charge on any atom is 0.435 e. The van der Waals surface area contributed by atoms with Crippen molar-refractivity contribution in [3.63, 3.8) is 0 Å². The zero-order valence-corrected chi connectivity index (χ0v) is 11.2. The van der Waals surface area contributed by atoms with Crippen LogP contribution in [0.1, 0.15) is 24.6 Å². The number of aromatic nitrogens is 2. The van der Waals surface area contributed by atoms with E-state index in [0.717, 1.165) is 6.07 Å². The number of piperidine rings is 1.